The summed E-state index contributed by atoms with van der Waals surface area (Å²) >= 11 is 6.75. The van der Waals surface area contributed by atoms with Crippen LogP contribution in [0, 0.1) is 0 Å². The number of ether oxygens (including phenoxy) is 1. The Labute approximate surface area is 128 Å². The smallest absolute Gasteiger partial charge is 0.262 e. The van der Waals surface area contributed by atoms with E-state index in [0.717, 1.165) is 14.6 Å². The predicted octanol–water partition coefficient (Wildman–Crippen LogP) is 4.23. The first kappa shape index (κ1) is 14.1. The molecule has 0 aliphatic rings. The number of para-hydroxylation sites is 1. The summed E-state index contributed by atoms with van der Waals surface area (Å²) in [5.74, 6) is 0.479. The largest absolute Gasteiger partial charge is 0.484 e. The van der Waals surface area contributed by atoms with Crippen molar-refractivity contribution < 1.29 is 9.53 Å². The minimum Gasteiger partial charge on any atom is -0.484 e. The van der Waals surface area contributed by atoms with Crippen LogP contribution < -0.4 is 10.1 Å². The van der Waals surface area contributed by atoms with Crippen molar-refractivity contribution in [3.63, 3.8) is 0 Å². The molecule has 0 bridgehead atoms. The summed E-state index contributed by atoms with van der Waals surface area (Å²) in [6.45, 7) is -0.0162. The van der Waals surface area contributed by atoms with Crippen LogP contribution in [0.5, 0.6) is 5.75 Å². The number of halogens is 2. The second-order valence-corrected chi connectivity index (χ2v) is 5.49. The van der Waals surface area contributed by atoms with Crippen LogP contribution in [0.15, 0.2) is 57.5 Å². The summed E-state index contributed by atoms with van der Waals surface area (Å²) in [4.78, 5) is 11.7. The van der Waals surface area contributed by atoms with Crippen LogP contribution in [-0.2, 0) is 4.79 Å². The van der Waals surface area contributed by atoms with Crippen LogP contribution in [-0.4, -0.2) is 12.5 Å². The van der Waals surface area contributed by atoms with Gasteiger partial charge < -0.3 is 10.1 Å². The van der Waals surface area contributed by atoms with Crippen molar-refractivity contribution in [2.75, 3.05) is 11.9 Å². The molecule has 0 unspecified atom stereocenters. The normalized spacial score (nSPS) is 10.0. The van der Waals surface area contributed by atoms with Crippen molar-refractivity contribution in [2.45, 2.75) is 0 Å². The fraction of sp³-hybridized carbons (Fsp3) is 0.0714. The standard InChI is InChI=1S/C14H11Br2NO2/c15-12-7-6-10(8-13(12)16)17-14(18)9-19-11-4-2-1-3-5-11/h1-8H,9H2,(H,17,18). The topological polar surface area (TPSA) is 38.3 Å². The molecule has 0 radical (unpaired) electrons. The van der Waals surface area contributed by atoms with E-state index in [9.17, 15) is 4.79 Å². The first-order valence-corrected chi connectivity index (χ1v) is 7.16. The summed E-state index contributed by atoms with van der Waals surface area (Å²) < 4.78 is 7.18. The Hall–Kier alpha value is -1.33. The molecule has 0 aliphatic carbocycles. The minimum absolute atomic E-state index is 0.0162. The second kappa shape index (κ2) is 6.73. The summed E-state index contributed by atoms with van der Waals surface area (Å²) in [5, 5.41) is 2.77. The second-order valence-electron chi connectivity index (χ2n) is 3.78. The van der Waals surface area contributed by atoms with Crippen LogP contribution in [0.2, 0.25) is 0 Å². The first-order valence-electron chi connectivity index (χ1n) is 5.58. The molecule has 1 amide bonds. The Morgan fingerprint density at radius 3 is 2.47 bits per heavy atom. The lowest BCUT2D eigenvalue weighted by Gasteiger charge is -2.08. The third kappa shape index (κ3) is 4.36. The summed E-state index contributed by atoms with van der Waals surface area (Å²) in [7, 11) is 0. The molecule has 0 spiro atoms. The zero-order valence-corrected chi connectivity index (χ0v) is 13.1. The molecule has 0 heterocycles. The molecule has 2 aromatic rings. The molecule has 5 heteroatoms. The van der Waals surface area contributed by atoms with E-state index >= 15 is 0 Å². The SMILES string of the molecule is O=C(COc1ccccc1)Nc1ccc(Br)c(Br)c1. The van der Waals surface area contributed by atoms with Crippen LogP contribution in [0.1, 0.15) is 0 Å². The number of benzene rings is 2. The van der Waals surface area contributed by atoms with Crippen LogP contribution in [0.3, 0.4) is 0 Å². The van der Waals surface area contributed by atoms with E-state index < -0.39 is 0 Å². The van der Waals surface area contributed by atoms with Gasteiger partial charge in [0.2, 0.25) is 0 Å². The van der Waals surface area contributed by atoms with Gasteiger partial charge in [-0.05, 0) is 62.2 Å². The number of carbonyl (C=O) groups is 1. The van der Waals surface area contributed by atoms with E-state index in [-0.39, 0.29) is 12.5 Å². The lowest BCUT2D eigenvalue weighted by molar-refractivity contribution is -0.118. The summed E-state index contributed by atoms with van der Waals surface area (Å²) in [6.07, 6.45) is 0. The Bertz CT molecular complexity index is 573. The van der Waals surface area contributed by atoms with Gasteiger partial charge >= 0.3 is 0 Å². The number of amides is 1. The van der Waals surface area contributed by atoms with Gasteiger partial charge in [-0.1, -0.05) is 18.2 Å². The zero-order valence-electron chi connectivity index (χ0n) is 9.90. The van der Waals surface area contributed by atoms with Crippen LogP contribution in [0.4, 0.5) is 5.69 Å². The highest BCUT2D eigenvalue weighted by Gasteiger charge is 2.05. The molecule has 1 N–H and O–H groups in total. The average Bonchev–Trinajstić information content (AvgIpc) is 2.42. The van der Waals surface area contributed by atoms with Crippen molar-refractivity contribution in [3.8, 4) is 5.75 Å². The highest BCUT2D eigenvalue weighted by molar-refractivity contribution is 9.13. The molecule has 2 aromatic carbocycles. The van der Waals surface area contributed by atoms with Crippen molar-refractivity contribution in [3.05, 3.63) is 57.5 Å². The number of anilines is 1. The minimum atomic E-state index is -0.196. The fourth-order valence-electron chi connectivity index (χ4n) is 1.44. The van der Waals surface area contributed by atoms with Gasteiger partial charge in [0.05, 0.1) is 0 Å². The first-order chi connectivity index (χ1) is 9.15. The number of nitrogens with one attached hydrogen (secondary N) is 1. The highest BCUT2D eigenvalue weighted by atomic mass is 79.9. The van der Waals surface area contributed by atoms with Gasteiger partial charge in [0, 0.05) is 14.6 Å². The summed E-state index contributed by atoms with van der Waals surface area (Å²) in [6, 6.07) is 14.7. The number of hydrogen-bond donors (Lipinski definition) is 1. The van der Waals surface area contributed by atoms with E-state index in [1.807, 2.05) is 48.5 Å². The van der Waals surface area contributed by atoms with Gasteiger partial charge in [-0.2, -0.15) is 0 Å². The molecular weight excluding hydrogens is 374 g/mol. The van der Waals surface area contributed by atoms with Gasteiger partial charge in [-0.3, -0.25) is 4.79 Å². The van der Waals surface area contributed by atoms with Crippen molar-refractivity contribution in [1.82, 2.24) is 0 Å². The maximum absolute atomic E-state index is 11.7. The van der Waals surface area contributed by atoms with E-state index in [1.165, 1.54) is 0 Å². The number of carbonyl (C=O) groups excluding carboxylic acids is 1. The Morgan fingerprint density at radius 1 is 1.05 bits per heavy atom. The number of rotatable bonds is 4. The molecule has 0 aromatic heterocycles. The fourth-order valence-corrected chi connectivity index (χ4v) is 2.06. The maximum Gasteiger partial charge on any atom is 0.262 e. The van der Waals surface area contributed by atoms with Crippen molar-refractivity contribution >= 4 is 43.5 Å². The van der Waals surface area contributed by atoms with Gasteiger partial charge in [0.25, 0.3) is 5.91 Å². The zero-order chi connectivity index (χ0) is 13.7. The molecule has 3 nitrogen and oxygen atoms in total. The van der Waals surface area contributed by atoms with E-state index in [0.29, 0.717) is 5.75 Å². The highest BCUT2D eigenvalue weighted by Crippen LogP contribution is 2.25. The quantitative estimate of drug-likeness (QED) is 0.856. The Balaban J connectivity index is 1.89. The lowest BCUT2D eigenvalue weighted by atomic mass is 10.3. The van der Waals surface area contributed by atoms with E-state index in [4.69, 9.17) is 4.74 Å². The summed E-state index contributed by atoms with van der Waals surface area (Å²) in [5.41, 5.74) is 0.719. The van der Waals surface area contributed by atoms with Gasteiger partial charge in [-0.15, -0.1) is 0 Å². The van der Waals surface area contributed by atoms with Crippen molar-refractivity contribution in [1.29, 1.82) is 0 Å². The van der Waals surface area contributed by atoms with Crippen LogP contribution in [0.25, 0.3) is 0 Å². The molecule has 0 aliphatic heterocycles. The average molecular weight is 385 g/mol. The van der Waals surface area contributed by atoms with Crippen LogP contribution >= 0.6 is 31.9 Å². The van der Waals surface area contributed by atoms with Gasteiger partial charge in [0.15, 0.2) is 6.61 Å². The molecule has 0 fully saturated rings. The molecule has 2 rings (SSSR count). The Kier molecular flexibility index (Phi) is 4.99. The predicted molar refractivity (Wildman–Crippen MR) is 82.4 cm³/mol. The van der Waals surface area contributed by atoms with Gasteiger partial charge in [0.1, 0.15) is 5.75 Å². The maximum atomic E-state index is 11.7. The molecule has 0 saturated carbocycles. The third-order valence-electron chi connectivity index (χ3n) is 2.32. The van der Waals surface area contributed by atoms with E-state index in [1.54, 1.807) is 0 Å². The molecule has 98 valence electrons. The van der Waals surface area contributed by atoms with Gasteiger partial charge in [-0.25, -0.2) is 0 Å². The molecular formula is C14H11Br2NO2. The molecule has 0 saturated heterocycles. The number of hydrogen-bond acceptors (Lipinski definition) is 2. The lowest BCUT2D eigenvalue weighted by Crippen LogP contribution is -2.20. The van der Waals surface area contributed by atoms with E-state index in [2.05, 4.69) is 37.2 Å². The Morgan fingerprint density at radius 2 is 1.79 bits per heavy atom. The molecule has 19 heavy (non-hydrogen) atoms. The third-order valence-corrected chi connectivity index (χ3v) is 4.20. The monoisotopic (exact) mass is 383 g/mol. The van der Waals surface area contributed by atoms with Crippen molar-refractivity contribution in [2.24, 2.45) is 0 Å². The molecule has 0 atom stereocenters.